The van der Waals surface area contributed by atoms with Crippen LogP contribution in [0.15, 0.2) is 24.3 Å². The SMILES string of the molecule is CCN(CC(=O)OCC(C)CCCCP)C(=O)CC(C)NC(C)Cc1cccc(C(F)(F)F)c1. The number of rotatable bonds is 15. The van der Waals surface area contributed by atoms with E-state index in [-0.39, 0.29) is 36.9 Å². The van der Waals surface area contributed by atoms with Crippen molar-refractivity contribution in [2.75, 3.05) is 25.9 Å². The smallest absolute Gasteiger partial charge is 0.416 e. The van der Waals surface area contributed by atoms with Gasteiger partial charge in [0, 0.05) is 25.0 Å². The number of nitrogens with one attached hydrogen (secondary N) is 1. The molecule has 1 aromatic carbocycles. The summed E-state index contributed by atoms with van der Waals surface area (Å²) in [4.78, 5) is 26.3. The molecule has 0 saturated heterocycles. The summed E-state index contributed by atoms with van der Waals surface area (Å²) >= 11 is 0. The van der Waals surface area contributed by atoms with Gasteiger partial charge < -0.3 is 15.0 Å². The fourth-order valence-corrected chi connectivity index (χ4v) is 4.04. The first-order valence-corrected chi connectivity index (χ1v) is 12.8. The summed E-state index contributed by atoms with van der Waals surface area (Å²) < 4.78 is 44.1. The van der Waals surface area contributed by atoms with E-state index in [2.05, 4.69) is 14.6 Å². The van der Waals surface area contributed by atoms with Gasteiger partial charge in [0.2, 0.25) is 5.91 Å². The van der Waals surface area contributed by atoms with Gasteiger partial charge in [0.1, 0.15) is 6.54 Å². The van der Waals surface area contributed by atoms with E-state index in [0.29, 0.717) is 25.1 Å². The molecule has 34 heavy (non-hydrogen) atoms. The van der Waals surface area contributed by atoms with Gasteiger partial charge in [0.25, 0.3) is 0 Å². The molecule has 1 amide bonds. The first-order valence-electron chi connectivity index (χ1n) is 12.0. The number of esters is 1. The number of ether oxygens (including phenoxy) is 1. The van der Waals surface area contributed by atoms with Gasteiger partial charge in [-0.2, -0.15) is 13.2 Å². The number of amides is 1. The van der Waals surface area contributed by atoms with Crippen molar-refractivity contribution >= 4 is 21.1 Å². The van der Waals surface area contributed by atoms with Gasteiger partial charge in [-0.3, -0.25) is 9.59 Å². The summed E-state index contributed by atoms with van der Waals surface area (Å²) in [5, 5.41) is 3.27. The minimum absolute atomic E-state index is 0.0832. The van der Waals surface area contributed by atoms with Crippen molar-refractivity contribution in [2.45, 2.75) is 78.1 Å². The van der Waals surface area contributed by atoms with Crippen molar-refractivity contribution in [3.63, 3.8) is 0 Å². The summed E-state index contributed by atoms with van der Waals surface area (Å²) in [5.74, 6) is -0.292. The molecule has 0 bridgehead atoms. The molecule has 1 N–H and O–H groups in total. The third-order valence-electron chi connectivity index (χ3n) is 5.58. The molecule has 4 unspecified atom stereocenters. The van der Waals surface area contributed by atoms with E-state index in [9.17, 15) is 22.8 Å². The van der Waals surface area contributed by atoms with Crippen LogP contribution in [0.2, 0.25) is 0 Å². The Morgan fingerprint density at radius 1 is 1.15 bits per heavy atom. The summed E-state index contributed by atoms with van der Waals surface area (Å²) in [5.41, 5.74) is -0.0885. The molecule has 0 saturated carbocycles. The predicted molar refractivity (Wildman–Crippen MR) is 133 cm³/mol. The maximum absolute atomic E-state index is 12.9. The largest absolute Gasteiger partial charge is 0.464 e. The second kappa shape index (κ2) is 15.4. The molecule has 0 heterocycles. The topological polar surface area (TPSA) is 58.6 Å². The lowest BCUT2D eigenvalue weighted by Gasteiger charge is -2.24. The molecule has 0 aromatic heterocycles. The lowest BCUT2D eigenvalue weighted by atomic mass is 10.0. The zero-order chi connectivity index (χ0) is 25.7. The number of alkyl halides is 3. The molecular formula is C25H40F3N2O3P. The van der Waals surface area contributed by atoms with Gasteiger partial charge in [-0.05, 0) is 63.7 Å². The Morgan fingerprint density at radius 3 is 2.47 bits per heavy atom. The monoisotopic (exact) mass is 504 g/mol. The van der Waals surface area contributed by atoms with Crippen LogP contribution in [0.3, 0.4) is 0 Å². The number of hydrogen-bond acceptors (Lipinski definition) is 4. The molecule has 0 aliphatic heterocycles. The second-order valence-electron chi connectivity index (χ2n) is 9.06. The number of benzene rings is 1. The number of halogens is 3. The van der Waals surface area contributed by atoms with Crippen molar-refractivity contribution in [1.29, 1.82) is 0 Å². The lowest BCUT2D eigenvalue weighted by molar-refractivity contribution is -0.150. The Hall–Kier alpha value is -1.66. The number of carbonyl (C=O) groups is 2. The number of nitrogens with zero attached hydrogens (tertiary/aromatic N) is 1. The molecular weight excluding hydrogens is 464 g/mol. The maximum Gasteiger partial charge on any atom is 0.416 e. The fraction of sp³-hybridized carbons (Fsp3) is 0.680. The summed E-state index contributed by atoms with van der Waals surface area (Å²) in [7, 11) is 2.70. The van der Waals surface area contributed by atoms with Gasteiger partial charge in [0.15, 0.2) is 0 Å². The van der Waals surface area contributed by atoms with Crippen LogP contribution in [0, 0.1) is 5.92 Å². The van der Waals surface area contributed by atoms with Gasteiger partial charge in [0.05, 0.1) is 12.2 Å². The van der Waals surface area contributed by atoms with Crippen LogP contribution in [-0.2, 0) is 26.9 Å². The Labute approximate surface area is 204 Å². The summed E-state index contributed by atoms with van der Waals surface area (Å²) in [6, 6.07) is 4.95. The van der Waals surface area contributed by atoms with Crippen molar-refractivity contribution in [3.8, 4) is 0 Å². The van der Waals surface area contributed by atoms with Crippen LogP contribution in [0.5, 0.6) is 0 Å². The quantitative estimate of drug-likeness (QED) is 0.206. The van der Waals surface area contributed by atoms with E-state index in [1.165, 1.54) is 11.0 Å². The highest BCUT2D eigenvalue weighted by Crippen LogP contribution is 2.29. The minimum Gasteiger partial charge on any atom is -0.464 e. The molecule has 9 heteroatoms. The van der Waals surface area contributed by atoms with Crippen molar-refractivity contribution in [1.82, 2.24) is 10.2 Å². The first kappa shape index (κ1) is 30.4. The number of carbonyl (C=O) groups excluding carboxylic acids is 2. The first-order chi connectivity index (χ1) is 16.0. The van der Waals surface area contributed by atoms with Crippen molar-refractivity contribution < 1.29 is 27.5 Å². The molecule has 0 aliphatic rings. The normalized spacial score (nSPS) is 14.4. The average Bonchev–Trinajstić information content (AvgIpc) is 2.75. The molecule has 0 fully saturated rings. The highest BCUT2D eigenvalue weighted by atomic mass is 31.0. The van der Waals surface area contributed by atoms with E-state index in [1.54, 1.807) is 6.07 Å². The van der Waals surface area contributed by atoms with E-state index >= 15 is 0 Å². The van der Waals surface area contributed by atoms with Gasteiger partial charge in [-0.25, -0.2) is 0 Å². The highest BCUT2D eigenvalue weighted by Gasteiger charge is 2.30. The van der Waals surface area contributed by atoms with Gasteiger partial charge in [-0.1, -0.05) is 31.5 Å². The Kier molecular flexibility index (Phi) is 13.7. The molecule has 0 spiro atoms. The van der Waals surface area contributed by atoms with Crippen LogP contribution in [-0.4, -0.2) is 54.7 Å². The number of hydrogen-bond donors (Lipinski definition) is 1. The number of unbranched alkanes of at least 4 members (excludes halogenated alkanes) is 1. The Balaban J connectivity index is 2.47. The molecule has 5 nitrogen and oxygen atoms in total. The van der Waals surface area contributed by atoms with Crippen LogP contribution in [0.1, 0.15) is 64.5 Å². The molecule has 194 valence electrons. The van der Waals surface area contributed by atoms with E-state index < -0.39 is 17.7 Å². The lowest BCUT2D eigenvalue weighted by Crippen LogP contribution is -2.42. The third-order valence-corrected chi connectivity index (χ3v) is 5.99. The van der Waals surface area contributed by atoms with Crippen LogP contribution >= 0.6 is 9.24 Å². The Morgan fingerprint density at radius 2 is 1.85 bits per heavy atom. The maximum atomic E-state index is 12.9. The third kappa shape index (κ3) is 12.2. The highest BCUT2D eigenvalue weighted by molar-refractivity contribution is 7.16. The standard InChI is InChI=1S/C25H40F3N2O3P/c1-5-30(16-24(32)33-17-18(2)9-6-7-12-34)23(31)14-20(4)29-19(3)13-21-10-8-11-22(15-21)25(26,27)28/h8,10-11,15,18-20,29H,5-7,9,12-14,16-17,34H2,1-4H3. The summed E-state index contributed by atoms with van der Waals surface area (Å²) in [6.45, 7) is 8.24. The van der Waals surface area contributed by atoms with E-state index in [1.807, 2.05) is 27.7 Å². The predicted octanol–water partition coefficient (Wildman–Crippen LogP) is 5.08. The van der Waals surface area contributed by atoms with Crippen LogP contribution in [0.4, 0.5) is 13.2 Å². The second-order valence-corrected chi connectivity index (χ2v) is 9.63. The summed E-state index contributed by atoms with van der Waals surface area (Å²) in [6.07, 6.45) is 0.507. The molecule has 4 atom stereocenters. The fourth-order valence-electron chi connectivity index (χ4n) is 3.76. The van der Waals surface area contributed by atoms with Crippen molar-refractivity contribution in [2.24, 2.45) is 5.92 Å². The van der Waals surface area contributed by atoms with Gasteiger partial charge in [-0.15, -0.1) is 9.24 Å². The minimum atomic E-state index is -4.37. The van der Waals surface area contributed by atoms with Gasteiger partial charge >= 0.3 is 12.1 Å². The zero-order valence-corrected chi connectivity index (χ0v) is 21.9. The average molecular weight is 505 g/mol. The van der Waals surface area contributed by atoms with Crippen molar-refractivity contribution in [3.05, 3.63) is 35.4 Å². The van der Waals surface area contributed by atoms with Crippen LogP contribution < -0.4 is 5.32 Å². The van der Waals surface area contributed by atoms with E-state index in [4.69, 9.17) is 4.74 Å². The molecule has 1 aromatic rings. The molecule has 1 rings (SSSR count). The number of likely N-dealkylation sites (N-methyl/N-ethyl adjacent to an activating group) is 1. The molecule has 0 aliphatic carbocycles. The van der Waals surface area contributed by atoms with E-state index in [0.717, 1.165) is 37.6 Å². The Bertz CT molecular complexity index is 761. The van der Waals surface area contributed by atoms with Crippen LogP contribution in [0.25, 0.3) is 0 Å². The molecule has 0 radical (unpaired) electrons. The zero-order valence-electron chi connectivity index (χ0n) is 20.8.